The minimum absolute atomic E-state index is 0.0159. The highest BCUT2D eigenvalue weighted by Gasteiger charge is 2.28. The van der Waals surface area contributed by atoms with Crippen LogP contribution >= 0.6 is 11.6 Å². The lowest BCUT2D eigenvalue weighted by Crippen LogP contribution is -2.26. The van der Waals surface area contributed by atoms with Gasteiger partial charge in [-0.1, -0.05) is 23.7 Å². The van der Waals surface area contributed by atoms with Gasteiger partial charge in [0.25, 0.3) is 5.91 Å². The van der Waals surface area contributed by atoms with Gasteiger partial charge in [0.05, 0.1) is 4.90 Å². The van der Waals surface area contributed by atoms with Gasteiger partial charge in [0.2, 0.25) is 10.0 Å². The Labute approximate surface area is 146 Å². The average molecular weight is 365 g/mol. The van der Waals surface area contributed by atoms with E-state index in [-0.39, 0.29) is 16.5 Å². The van der Waals surface area contributed by atoms with Gasteiger partial charge in [-0.15, -0.1) is 0 Å². The van der Waals surface area contributed by atoms with Crippen molar-refractivity contribution >= 4 is 33.2 Å². The standard InChI is InChI=1S/C17H17ClN2O3S/c1-11-5-6-14(10-16(11)18)19-17(21)12-3-2-4-15(9-12)24(22,23)20-13-7-8-13/h2-6,9-10,13,20H,7-8H2,1H3,(H,19,21). The summed E-state index contributed by atoms with van der Waals surface area (Å²) < 4.78 is 27.1. The molecule has 0 aliphatic heterocycles. The number of amides is 1. The van der Waals surface area contributed by atoms with Crippen LogP contribution in [0.4, 0.5) is 5.69 Å². The molecule has 1 amide bonds. The Morgan fingerprint density at radius 2 is 1.92 bits per heavy atom. The molecule has 0 aromatic heterocycles. The van der Waals surface area contributed by atoms with Crippen molar-refractivity contribution in [2.24, 2.45) is 0 Å². The fraction of sp³-hybridized carbons (Fsp3) is 0.235. The topological polar surface area (TPSA) is 75.3 Å². The summed E-state index contributed by atoms with van der Waals surface area (Å²) in [7, 11) is -3.59. The number of carbonyl (C=O) groups is 1. The number of hydrogen-bond acceptors (Lipinski definition) is 3. The first-order valence-corrected chi connectivity index (χ1v) is 9.41. The molecule has 126 valence electrons. The molecule has 0 bridgehead atoms. The molecule has 1 aliphatic rings. The monoisotopic (exact) mass is 364 g/mol. The van der Waals surface area contributed by atoms with Crippen LogP contribution in [-0.4, -0.2) is 20.4 Å². The first-order valence-electron chi connectivity index (χ1n) is 7.55. The number of hydrogen-bond donors (Lipinski definition) is 2. The second kappa shape index (κ2) is 6.55. The lowest BCUT2D eigenvalue weighted by molar-refractivity contribution is 0.102. The molecule has 1 saturated carbocycles. The van der Waals surface area contributed by atoms with Crippen LogP contribution in [0.3, 0.4) is 0 Å². The number of rotatable bonds is 5. The van der Waals surface area contributed by atoms with Crippen LogP contribution in [0, 0.1) is 6.92 Å². The maximum atomic E-state index is 12.4. The van der Waals surface area contributed by atoms with Gasteiger partial charge in [0, 0.05) is 22.3 Å². The van der Waals surface area contributed by atoms with E-state index in [0.717, 1.165) is 18.4 Å². The quantitative estimate of drug-likeness (QED) is 0.854. The third-order valence-electron chi connectivity index (χ3n) is 3.74. The second-order valence-electron chi connectivity index (χ2n) is 5.84. The first kappa shape index (κ1) is 17.0. The van der Waals surface area contributed by atoms with Crippen LogP contribution < -0.4 is 10.0 Å². The van der Waals surface area contributed by atoms with Gasteiger partial charge in [-0.2, -0.15) is 0 Å². The molecular formula is C17H17ClN2O3S. The van der Waals surface area contributed by atoms with Gasteiger partial charge in [0.1, 0.15) is 0 Å². The van der Waals surface area contributed by atoms with E-state index in [2.05, 4.69) is 10.0 Å². The summed E-state index contributed by atoms with van der Waals surface area (Å²) in [6.07, 6.45) is 1.71. The fourth-order valence-electron chi connectivity index (χ4n) is 2.17. The molecule has 0 heterocycles. The third-order valence-corrected chi connectivity index (χ3v) is 5.66. The number of nitrogens with one attached hydrogen (secondary N) is 2. The molecular weight excluding hydrogens is 348 g/mol. The van der Waals surface area contributed by atoms with Crippen molar-refractivity contribution in [3.8, 4) is 0 Å². The minimum atomic E-state index is -3.59. The summed E-state index contributed by atoms with van der Waals surface area (Å²) in [4.78, 5) is 12.4. The zero-order valence-corrected chi connectivity index (χ0v) is 14.6. The van der Waals surface area contributed by atoms with E-state index in [1.807, 2.05) is 6.92 Å². The zero-order valence-electron chi connectivity index (χ0n) is 13.0. The summed E-state index contributed by atoms with van der Waals surface area (Å²) in [5, 5.41) is 3.27. The first-order chi connectivity index (χ1) is 11.3. The van der Waals surface area contributed by atoms with Crippen LogP contribution in [0.25, 0.3) is 0 Å². The lowest BCUT2D eigenvalue weighted by atomic mass is 10.2. The summed E-state index contributed by atoms with van der Waals surface area (Å²) in [5.41, 5.74) is 1.74. The van der Waals surface area contributed by atoms with Crippen LogP contribution in [0.1, 0.15) is 28.8 Å². The summed E-state index contributed by atoms with van der Waals surface area (Å²) in [6.45, 7) is 1.87. The molecule has 0 unspecified atom stereocenters. The van der Waals surface area contributed by atoms with Crippen molar-refractivity contribution in [3.63, 3.8) is 0 Å². The number of aryl methyl sites for hydroxylation is 1. The van der Waals surface area contributed by atoms with E-state index in [1.54, 1.807) is 30.3 Å². The molecule has 3 rings (SSSR count). The van der Waals surface area contributed by atoms with E-state index < -0.39 is 15.9 Å². The van der Waals surface area contributed by atoms with Crippen molar-refractivity contribution < 1.29 is 13.2 Å². The Kier molecular flexibility index (Phi) is 4.62. The molecule has 2 aromatic carbocycles. The maximum Gasteiger partial charge on any atom is 0.255 e. The highest BCUT2D eigenvalue weighted by molar-refractivity contribution is 7.89. The van der Waals surface area contributed by atoms with E-state index in [1.165, 1.54) is 12.1 Å². The van der Waals surface area contributed by atoms with E-state index in [0.29, 0.717) is 10.7 Å². The Bertz CT molecular complexity index is 892. The zero-order chi connectivity index (χ0) is 17.3. The number of anilines is 1. The number of benzene rings is 2. The van der Waals surface area contributed by atoms with Gasteiger partial charge in [0.15, 0.2) is 0 Å². The number of sulfonamides is 1. The Morgan fingerprint density at radius 3 is 2.58 bits per heavy atom. The van der Waals surface area contributed by atoms with E-state index in [9.17, 15) is 13.2 Å². The molecule has 0 spiro atoms. The molecule has 2 aromatic rings. The fourth-order valence-corrected chi connectivity index (χ4v) is 3.70. The van der Waals surface area contributed by atoms with E-state index in [4.69, 9.17) is 11.6 Å². The Balaban J connectivity index is 1.80. The van der Waals surface area contributed by atoms with Gasteiger partial charge in [-0.05, 0) is 55.7 Å². The van der Waals surface area contributed by atoms with Gasteiger partial charge < -0.3 is 5.32 Å². The lowest BCUT2D eigenvalue weighted by Gasteiger charge is -2.09. The molecule has 0 saturated heterocycles. The van der Waals surface area contributed by atoms with Crippen LogP contribution in [-0.2, 0) is 10.0 Å². The van der Waals surface area contributed by atoms with Crippen molar-refractivity contribution in [3.05, 3.63) is 58.6 Å². The normalized spacial score (nSPS) is 14.4. The maximum absolute atomic E-state index is 12.4. The van der Waals surface area contributed by atoms with Crippen molar-refractivity contribution in [2.45, 2.75) is 30.7 Å². The van der Waals surface area contributed by atoms with Gasteiger partial charge in [-0.3, -0.25) is 4.79 Å². The highest BCUT2D eigenvalue weighted by Crippen LogP contribution is 2.23. The SMILES string of the molecule is Cc1ccc(NC(=O)c2cccc(S(=O)(=O)NC3CC3)c2)cc1Cl. The minimum Gasteiger partial charge on any atom is -0.322 e. The molecule has 1 aliphatic carbocycles. The second-order valence-corrected chi connectivity index (χ2v) is 7.96. The molecule has 0 atom stereocenters. The van der Waals surface area contributed by atoms with Crippen LogP contribution in [0.5, 0.6) is 0 Å². The predicted molar refractivity (Wildman–Crippen MR) is 93.9 cm³/mol. The molecule has 0 radical (unpaired) electrons. The average Bonchev–Trinajstić information content (AvgIpc) is 3.34. The molecule has 24 heavy (non-hydrogen) atoms. The predicted octanol–water partition coefficient (Wildman–Crippen LogP) is 3.34. The molecule has 5 nitrogen and oxygen atoms in total. The summed E-state index contributed by atoms with van der Waals surface area (Å²) >= 11 is 6.04. The summed E-state index contributed by atoms with van der Waals surface area (Å²) in [5.74, 6) is -0.390. The third kappa shape index (κ3) is 3.95. The summed E-state index contributed by atoms with van der Waals surface area (Å²) in [6, 6.07) is 11.2. The highest BCUT2D eigenvalue weighted by atomic mass is 35.5. The van der Waals surface area contributed by atoms with Crippen molar-refractivity contribution in [1.82, 2.24) is 4.72 Å². The van der Waals surface area contributed by atoms with Crippen molar-refractivity contribution in [2.75, 3.05) is 5.32 Å². The van der Waals surface area contributed by atoms with Gasteiger partial charge in [-0.25, -0.2) is 13.1 Å². The Morgan fingerprint density at radius 1 is 1.17 bits per heavy atom. The molecule has 2 N–H and O–H groups in total. The Hall–Kier alpha value is -1.89. The molecule has 7 heteroatoms. The van der Waals surface area contributed by atoms with Crippen LogP contribution in [0.15, 0.2) is 47.4 Å². The smallest absolute Gasteiger partial charge is 0.255 e. The largest absolute Gasteiger partial charge is 0.322 e. The van der Waals surface area contributed by atoms with Gasteiger partial charge >= 0.3 is 0 Å². The number of carbonyl (C=O) groups excluding carboxylic acids is 1. The number of halogens is 1. The van der Waals surface area contributed by atoms with Crippen molar-refractivity contribution in [1.29, 1.82) is 0 Å². The van der Waals surface area contributed by atoms with Crippen LogP contribution in [0.2, 0.25) is 5.02 Å². The molecule has 1 fully saturated rings. The van der Waals surface area contributed by atoms with E-state index >= 15 is 0 Å².